The molecule has 1 aliphatic rings. The normalized spacial score (nSPS) is 22.2. The number of hydrogen-bond donors (Lipinski definition) is 2. The fourth-order valence-electron chi connectivity index (χ4n) is 2.47. The predicted octanol–water partition coefficient (Wildman–Crippen LogP) is 2.14. The number of nitrogens with zero attached hydrogens (tertiary/aromatic N) is 2. The molecule has 2 heterocycles. The van der Waals surface area contributed by atoms with Crippen molar-refractivity contribution in [2.45, 2.75) is 32.7 Å². The van der Waals surface area contributed by atoms with Crippen molar-refractivity contribution in [2.24, 2.45) is 5.41 Å². The molecule has 4 nitrogen and oxygen atoms in total. The van der Waals surface area contributed by atoms with E-state index in [1.807, 2.05) is 12.1 Å². The average Bonchev–Trinajstić information content (AvgIpc) is 2.37. The van der Waals surface area contributed by atoms with E-state index in [0.717, 1.165) is 18.8 Å². The Kier molecular flexibility index (Phi) is 3.83. The summed E-state index contributed by atoms with van der Waals surface area (Å²) in [6.45, 7) is 6.49. The predicted molar refractivity (Wildman–Crippen MR) is 72.2 cm³/mol. The Hall–Kier alpha value is -1.60. The van der Waals surface area contributed by atoms with Gasteiger partial charge in [0.15, 0.2) is 5.69 Å². The fraction of sp³-hybridized carbons (Fsp3) is 0.571. The molecular formula is C14H20N4. The van der Waals surface area contributed by atoms with E-state index in [9.17, 15) is 0 Å². The minimum absolute atomic E-state index is 0.292. The van der Waals surface area contributed by atoms with Gasteiger partial charge in [0.1, 0.15) is 6.07 Å². The molecule has 1 aliphatic heterocycles. The maximum absolute atomic E-state index is 8.99. The van der Waals surface area contributed by atoms with E-state index in [1.54, 1.807) is 6.20 Å². The lowest BCUT2D eigenvalue weighted by atomic mass is 9.77. The monoisotopic (exact) mass is 244 g/mol. The van der Waals surface area contributed by atoms with Crippen LogP contribution in [0.5, 0.6) is 0 Å². The molecule has 4 heteroatoms. The van der Waals surface area contributed by atoms with Crippen molar-refractivity contribution in [3.05, 3.63) is 24.0 Å². The third-order valence-electron chi connectivity index (χ3n) is 3.74. The van der Waals surface area contributed by atoms with Gasteiger partial charge in [-0.2, -0.15) is 5.26 Å². The van der Waals surface area contributed by atoms with Gasteiger partial charge in [-0.15, -0.1) is 0 Å². The third-order valence-corrected chi connectivity index (χ3v) is 3.74. The van der Waals surface area contributed by atoms with E-state index in [4.69, 9.17) is 5.26 Å². The van der Waals surface area contributed by atoms with Gasteiger partial charge >= 0.3 is 0 Å². The van der Waals surface area contributed by atoms with Crippen LogP contribution < -0.4 is 10.6 Å². The lowest BCUT2D eigenvalue weighted by Crippen LogP contribution is -2.50. The highest BCUT2D eigenvalue weighted by molar-refractivity contribution is 5.53. The van der Waals surface area contributed by atoms with Gasteiger partial charge < -0.3 is 10.6 Å². The number of rotatable bonds is 3. The van der Waals surface area contributed by atoms with E-state index in [1.165, 1.54) is 12.8 Å². The first-order valence-electron chi connectivity index (χ1n) is 6.46. The van der Waals surface area contributed by atoms with Gasteiger partial charge in [0.05, 0.1) is 5.69 Å². The lowest BCUT2D eigenvalue weighted by Gasteiger charge is -2.39. The number of piperidine rings is 1. The number of nitrogens with one attached hydrogen (secondary N) is 2. The summed E-state index contributed by atoms with van der Waals surface area (Å²) in [4.78, 5) is 4.05. The van der Waals surface area contributed by atoms with Crippen LogP contribution in [0.15, 0.2) is 18.3 Å². The molecular weight excluding hydrogens is 224 g/mol. The number of pyridine rings is 1. The maximum atomic E-state index is 8.99. The van der Waals surface area contributed by atoms with Gasteiger partial charge in [-0.3, -0.25) is 0 Å². The average molecular weight is 244 g/mol. The Morgan fingerprint density at radius 1 is 1.61 bits per heavy atom. The fourth-order valence-corrected chi connectivity index (χ4v) is 2.47. The first-order valence-corrected chi connectivity index (χ1v) is 6.46. The minimum Gasteiger partial charge on any atom is -0.381 e. The van der Waals surface area contributed by atoms with Gasteiger partial charge in [-0.05, 0) is 36.9 Å². The SMILES string of the molecule is CC1(C)CCCNC1CNc1cccnc1C#N. The number of aromatic nitrogens is 1. The Balaban J connectivity index is 2.01. The molecule has 1 aromatic heterocycles. The van der Waals surface area contributed by atoms with Crippen LogP contribution in [-0.4, -0.2) is 24.1 Å². The lowest BCUT2D eigenvalue weighted by molar-refractivity contribution is 0.188. The molecule has 0 spiro atoms. The van der Waals surface area contributed by atoms with Gasteiger partial charge in [0.2, 0.25) is 0 Å². The Labute approximate surface area is 108 Å². The van der Waals surface area contributed by atoms with E-state index in [2.05, 4.69) is 35.5 Å². The molecule has 2 N–H and O–H groups in total. The van der Waals surface area contributed by atoms with Crippen molar-refractivity contribution in [1.82, 2.24) is 10.3 Å². The molecule has 96 valence electrons. The molecule has 1 saturated heterocycles. The van der Waals surface area contributed by atoms with Gasteiger partial charge in [0, 0.05) is 18.8 Å². The third kappa shape index (κ3) is 2.80. The first-order chi connectivity index (χ1) is 8.63. The second kappa shape index (κ2) is 5.36. The summed E-state index contributed by atoms with van der Waals surface area (Å²) in [7, 11) is 0. The van der Waals surface area contributed by atoms with E-state index < -0.39 is 0 Å². The zero-order valence-electron chi connectivity index (χ0n) is 11.0. The number of anilines is 1. The summed E-state index contributed by atoms with van der Waals surface area (Å²) in [5.74, 6) is 0. The largest absolute Gasteiger partial charge is 0.381 e. The zero-order valence-corrected chi connectivity index (χ0v) is 11.0. The Bertz CT molecular complexity index is 447. The van der Waals surface area contributed by atoms with Gasteiger partial charge in [-0.25, -0.2) is 4.98 Å². The summed E-state index contributed by atoms with van der Waals surface area (Å²) in [5, 5.41) is 15.9. The smallest absolute Gasteiger partial charge is 0.163 e. The summed E-state index contributed by atoms with van der Waals surface area (Å²) >= 11 is 0. The minimum atomic E-state index is 0.292. The van der Waals surface area contributed by atoms with Crippen molar-refractivity contribution in [2.75, 3.05) is 18.4 Å². The van der Waals surface area contributed by atoms with Crippen LogP contribution in [0, 0.1) is 16.7 Å². The van der Waals surface area contributed by atoms with Crippen LogP contribution in [-0.2, 0) is 0 Å². The molecule has 0 saturated carbocycles. The maximum Gasteiger partial charge on any atom is 0.163 e. The highest BCUT2D eigenvalue weighted by atomic mass is 15.0. The Morgan fingerprint density at radius 3 is 3.17 bits per heavy atom. The number of nitriles is 1. The highest BCUT2D eigenvalue weighted by Crippen LogP contribution is 2.30. The second-order valence-corrected chi connectivity index (χ2v) is 5.49. The van der Waals surface area contributed by atoms with Crippen molar-refractivity contribution >= 4 is 5.69 Å². The van der Waals surface area contributed by atoms with Crippen LogP contribution in [0.4, 0.5) is 5.69 Å². The highest BCUT2D eigenvalue weighted by Gasteiger charge is 2.31. The summed E-state index contributed by atoms with van der Waals surface area (Å²) in [6, 6.07) is 6.29. The topological polar surface area (TPSA) is 60.7 Å². The Morgan fingerprint density at radius 2 is 2.44 bits per heavy atom. The first kappa shape index (κ1) is 12.8. The van der Waals surface area contributed by atoms with Crippen molar-refractivity contribution in [3.63, 3.8) is 0 Å². The molecule has 0 aliphatic carbocycles. The molecule has 1 fully saturated rings. The van der Waals surface area contributed by atoms with Gasteiger partial charge in [-0.1, -0.05) is 13.8 Å². The molecule has 0 radical (unpaired) electrons. The van der Waals surface area contributed by atoms with Gasteiger partial charge in [0.25, 0.3) is 0 Å². The van der Waals surface area contributed by atoms with Crippen LogP contribution >= 0.6 is 0 Å². The molecule has 1 unspecified atom stereocenters. The summed E-state index contributed by atoms with van der Waals surface area (Å²) in [5.41, 5.74) is 1.58. The van der Waals surface area contributed by atoms with Crippen LogP contribution in [0.25, 0.3) is 0 Å². The molecule has 0 aromatic carbocycles. The molecule has 18 heavy (non-hydrogen) atoms. The molecule has 2 rings (SSSR count). The van der Waals surface area contributed by atoms with Crippen LogP contribution in [0.1, 0.15) is 32.4 Å². The van der Waals surface area contributed by atoms with E-state index >= 15 is 0 Å². The second-order valence-electron chi connectivity index (χ2n) is 5.49. The van der Waals surface area contributed by atoms with E-state index in [-0.39, 0.29) is 0 Å². The van der Waals surface area contributed by atoms with E-state index in [0.29, 0.717) is 17.2 Å². The van der Waals surface area contributed by atoms with Crippen LogP contribution in [0.3, 0.4) is 0 Å². The number of hydrogen-bond acceptors (Lipinski definition) is 4. The quantitative estimate of drug-likeness (QED) is 0.855. The molecule has 1 atom stereocenters. The summed E-state index contributed by atoms with van der Waals surface area (Å²) in [6.07, 6.45) is 4.12. The standard InChI is InChI=1S/C14H20N4/c1-14(2)6-4-8-17-13(14)10-18-11-5-3-7-16-12(11)9-15/h3,5,7,13,17-18H,4,6,8,10H2,1-2H3. The molecule has 0 bridgehead atoms. The van der Waals surface area contributed by atoms with Crippen molar-refractivity contribution in [1.29, 1.82) is 5.26 Å². The molecule has 0 amide bonds. The van der Waals surface area contributed by atoms with Crippen molar-refractivity contribution < 1.29 is 0 Å². The summed E-state index contributed by atoms with van der Waals surface area (Å²) < 4.78 is 0. The van der Waals surface area contributed by atoms with Crippen LogP contribution in [0.2, 0.25) is 0 Å². The molecule has 1 aromatic rings. The van der Waals surface area contributed by atoms with Crippen molar-refractivity contribution in [3.8, 4) is 6.07 Å². The zero-order chi connectivity index (χ0) is 13.0.